The maximum absolute atomic E-state index is 4.49. The molecule has 0 amide bonds. The molecule has 1 heterocycles. The van der Waals surface area contributed by atoms with Gasteiger partial charge >= 0.3 is 0 Å². The summed E-state index contributed by atoms with van der Waals surface area (Å²) in [6, 6.07) is 2.30. The first-order valence-corrected chi connectivity index (χ1v) is 5.25. The van der Waals surface area contributed by atoms with Gasteiger partial charge in [0.05, 0.1) is 0 Å². The van der Waals surface area contributed by atoms with Crippen LogP contribution in [0.5, 0.6) is 0 Å². The van der Waals surface area contributed by atoms with Crippen molar-refractivity contribution in [1.82, 2.24) is 4.98 Å². The third kappa shape index (κ3) is 1.74. The quantitative estimate of drug-likeness (QED) is 0.639. The SMILES string of the molecule is CC(C)c1cc2c(cn1)CCCC2. The summed E-state index contributed by atoms with van der Waals surface area (Å²) in [4.78, 5) is 4.49. The molecule has 0 saturated heterocycles. The number of hydrogen-bond acceptors (Lipinski definition) is 1. The Morgan fingerprint density at radius 1 is 1.15 bits per heavy atom. The lowest BCUT2D eigenvalue weighted by Gasteiger charge is -2.16. The van der Waals surface area contributed by atoms with Crippen molar-refractivity contribution >= 4 is 0 Å². The van der Waals surface area contributed by atoms with Gasteiger partial charge in [0, 0.05) is 11.9 Å². The first kappa shape index (κ1) is 8.74. The molecule has 13 heavy (non-hydrogen) atoms. The average molecular weight is 175 g/mol. The molecule has 1 aromatic rings. The van der Waals surface area contributed by atoms with Crippen LogP contribution < -0.4 is 0 Å². The second-order valence-corrected chi connectivity index (χ2v) is 4.24. The molecular weight excluding hydrogens is 158 g/mol. The van der Waals surface area contributed by atoms with E-state index < -0.39 is 0 Å². The van der Waals surface area contributed by atoms with Gasteiger partial charge in [-0.15, -0.1) is 0 Å². The molecular formula is C12H17N. The minimum Gasteiger partial charge on any atom is -0.261 e. The van der Waals surface area contributed by atoms with Crippen LogP contribution in [-0.2, 0) is 12.8 Å². The predicted molar refractivity (Wildman–Crippen MR) is 55.0 cm³/mol. The predicted octanol–water partition coefficient (Wildman–Crippen LogP) is 3.08. The van der Waals surface area contributed by atoms with Gasteiger partial charge in [0.25, 0.3) is 0 Å². The molecule has 0 atom stereocenters. The third-order valence-electron chi connectivity index (χ3n) is 2.84. The van der Waals surface area contributed by atoms with Crippen LogP contribution in [0.3, 0.4) is 0 Å². The Bertz CT molecular complexity index is 302. The van der Waals surface area contributed by atoms with Crippen molar-refractivity contribution in [3.63, 3.8) is 0 Å². The van der Waals surface area contributed by atoms with Crippen LogP contribution in [0.1, 0.15) is 49.4 Å². The topological polar surface area (TPSA) is 12.9 Å². The van der Waals surface area contributed by atoms with Gasteiger partial charge in [-0.3, -0.25) is 4.98 Å². The van der Waals surface area contributed by atoms with E-state index in [4.69, 9.17) is 0 Å². The highest BCUT2D eigenvalue weighted by molar-refractivity contribution is 5.29. The van der Waals surface area contributed by atoms with Crippen LogP contribution in [0.2, 0.25) is 0 Å². The molecule has 0 fully saturated rings. The molecule has 0 aromatic carbocycles. The zero-order valence-electron chi connectivity index (χ0n) is 8.51. The van der Waals surface area contributed by atoms with E-state index in [1.165, 1.54) is 36.9 Å². The summed E-state index contributed by atoms with van der Waals surface area (Å²) in [5.74, 6) is 0.562. The number of nitrogens with zero attached hydrogens (tertiary/aromatic N) is 1. The van der Waals surface area contributed by atoms with E-state index in [0.717, 1.165) is 0 Å². The van der Waals surface area contributed by atoms with Crippen molar-refractivity contribution in [3.8, 4) is 0 Å². The Balaban J connectivity index is 2.35. The fraction of sp³-hybridized carbons (Fsp3) is 0.583. The van der Waals surface area contributed by atoms with Crippen LogP contribution in [0.4, 0.5) is 0 Å². The largest absolute Gasteiger partial charge is 0.261 e. The van der Waals surface area contributed by atoms with E-state index in [2.05, 4.69) is 31.1 Å². The lowest BCUT2D eigenvalue weighted by molar-refractivity contribution is 0.675. The highest BCUT2D eigenvalue weighted by Crippen LogP contribution is 2.23. The minimum atomic E-state index is 0.562. The molecule has 1 aliphatic rings. The Kier molecular flexibility index (Phi) is 2.34. The van der Waals surface area contributed by atoms with Gasteiger partial charge in [-0.2, -0.15) is 0 Å². The maximum Gasteiger partial charge on any atom is 0.0431 e. The van der Waals surface area contributed by atoms with Crippen molar-refractivity contribution in [2.24, 2.45) is 0 Å². The second kappa shape index (κ2) is 3.49. The third-order valence-corrected chi connectivity index (χ3v) is 2.84. The van der Waals surface area contributed by atoms with Crippen molar-refractivity contribution in [2.45, 2.75) is 45.4 Å². The molecule has 1 heteroatoms. The van der Waals surface area contributed by atoms with Crippen LogP contribution in [0.15, 0.2) is 12.3 Å². The Hall–Kier alpha value is -0.850. The highest BCUT2D eigenvalue weighted by atomic mass is 14.7. The molecule has 2 rings (SSSR count). The summed E-state index contributed by atoms with van der Waals surface area (Å²) in [5, 5.41) is 0. The van der Waals surface area contributed by atoms with E-state index in [9.17, 15) is 0 Å². The molecule has 1 aromatic heterocycles. The van der Waals surface area contributed by atoms with E-state index in [-0.39, 0.29) is 0 Å². The van der Waals surface area contributed by atoms with Crippen LogP contribution in [0, 0.1) is 0 Å². The molecule has 0 saturated carbocycles. The van der Waals surface area contributed by atoms with Crippen molar-refractivity contribution in [2.75, 3.05) is 0 Å². The van der Waals surface area contributed by atoms with Gasteiger partial charge in [0.2, 0.25) is 0 Å². The van der Waals surface area contributed by atoms with E-state index >= 15 is 0 Å². The summed E-state index contributed by atoms with van der Waals surface area (Å²) < 4.78 is 0. The van der Waals surface area contributed by atoms with Gasteiger partial charge in [-0.1, -0.05) is 13.8 Å². The molecule has 0 spiro atoms. The average Bonchev–Trinajstić information content (AvgIpc) is 2.17. The molecule has 70 valence electrons. The van der Waals surface area contributed by atoms with E-state index in [0.29, 0.717) is 5.92 Å². The fourth-order valence-corrected chi connectivity index (χ4v) is 1.95. The summed E-state index contributed by atoms with van der Waals surface area (Å²) in [6.07, 6.45) is 7.28. The number of hydrogen-bond donors (Lipinski definition) is 0. The van der Waals surface area contributed by atoms with Crippen LogP contribution in [-0.4, -0.2) is 4.98 Å². The van der Waals surface area contributed by atoms with Crippen molar-refractivity contribution < 1.29 is 0 Å². The van der Waals surface area contributed by atoms with Crippen LogP contribution in [0.25, 0.3) is 0 Å². The van der Waals surface area contributed by atoms with Gasteiger partial charge in [-0.25, -0.2) is 0 Å². The monoisotopic (exact) mass is 175 g/mol. The maximum atomic E-state index is 4.49. The number of aromatic nitrogens is 1. The minimum absolute atomic E-state index is 0.562. The highest BCUT2D eigenvalue weighted by Gasteiger charge is 2.11. The zero-order valence-corrected chi connectivity index (χ0v) is 8.51. The van der Waals surface area contributed by atoms with Crippen molar-refractivity contribution in [3.05, 3.63) is 29.1 Å². The normalized spacial score (nSPS) is 15.9. The lowest BCUT2D eigenvalue weighted by atomic mass is 9.92. The first-order chi connectivity index (χ1) is 6.27. The first-order valence-electron chi connectivity index (χ1n) is 5.25. The number of rotatable bonds is 1. The van der Waals surface area contributed by atoms with E-state index in [1.807, 2.05) is 0 Å². The number of aryl methyl sites for hydroxylation is 2. The number of fused-ring (bicyclic) bond motifs is 1. The lowest BCUT2D eigenvalue weighted by Crippen LogP contribution is -2.05. The molecule has 0 radical (unpaired) electrons. The molecule has 1 aliphatic carbocycles. The summed E-state index contributed by atoms with van der Waals surface area (Å²) >= 11 is 0. The van der Waals surface area contributed by atoms with Crippen LogP contribution >= 0.6 is 0 Å². The van der Waals surface area contributed by atoms with Crippen molar-refractivity contribution in [1.29, 1.82) is 0 Å². The number of pyridine rings is 1. The molecule has 0 N–H and O–H groups in total. The Labute approximate surface area is 80.2 Å². The summed E-state index contributed by atoms with van der Waals surface area (Å²) in [6.45, 7) is 4.41. The summed E-state index contributed by atoms with van der Waals surface area (Å²) in [7, 11) is 0. The molecule has 0 unspecified atom stereocenters. The fourth-order valence-electron chi connectivity index (χ4n) is 1.95. The Morgan fingerprint density at radius 2 is 1.85 bits per heavy atom. The van der Waals surface area contributed by atoms with Gasteiger partial charge < -0.3 is 0 Å². The van der Waals surface area contributed by atoms with E-state index in [1.54, 1.807) is 5.56 Å². The van der Waals surface area contributed by atoms with Gasteiger partial charge in [0.1, 0.15) is 0 Å². The zero-order chi connectivity index (χ0) is 9.26. The molecule has 0 bridgehead atoms. The Morgan fingerprint density at radius 3 is 2.54 bits per heavy atom. The second-order valence-electron chi connectivity index (χ2n) is 4.24. The molecule has 1 nitrogen and oxygen atoms in total. The van der Waals surface area contributed by atoms with Gasteiger partial charge in [0.15, 0.2) is 0 Å². The van der Waals surface area contributed by atoms with Gasteiger partial charge in [-0.05, 0) is 48.8 Å². The summed E-state index contributed by atoms with van der Waals surface area (Å²) in [5.41, 5.74) is 4.28. The molecule has 0 aliphatic heterocycles. The smallest absolute Gasteiger partial charge is 0.0431 e. The standard InChI is InChI=1S/C12H17N/c1-9(2)12-7-10-5-3-4-6-11(10)8-13-12/h7-9H,3-6H2,1-2H3.